The number of sulfone groups is 1. The molecule has 0 aromatic heterocycles. The van der Waals surface area contributed by atoms with E-state index in [1.807, 2.05) is 0 Å². The van der Waals surface area contributed by atoms with Gasteiger partial charge < -0.3 is 9.47 Å². The van der Waals surface area contributed by atoms with E-state index in [0.29, 0.717) is 5.75 Å². The molecule has 144 valence electrons. The number of ether oxygens (including phenoxy) is 2. The van der Waals surface area contributed by atoms with E-state index >= 15 is 0 Å². The van der Waals surface area contributed by atoms with E-state index in [2.05, 4.69) is 0 Å². The van der Waals surface area contributed by atoms with Crippen LogP contribution in [0.4, 0.5) is 5.69 Å². The lowest BCUT2D eigenvalue weighted by atomic mass is 9.98. The maximum absolute atomic E-state index is 12.0. The van der Waals surface area contributed by atoms with E-state index in [1.165, 1.54) is 31.4 Å². The summed E-state index contributed by atoms with van der Waals surface area (Å²) in [6, 6.07) is 10.4. The quantitative estimate of drug-likeness (QED) is 0.531. The molecule has 0 saturated heterocycles. The van der Waals surface area contributed by atoms with Gasteiger partial charge in [-0.15, -0.1) is 0 Å². The maximum Gasteiger partial charge on any atom is 0.271 e. The molecule has 2 aromatic carbocycles. The van der Waals surface area contributed by atoms with Crippen molar-refractivity contribution >= 4 is 15.5 Å². The molecule has 8 heteroatoms. The molecule has 0 radical (unpaired) electrons. The number of nitro groups is 1. The fourth-order valence-electron chi connectivity index (χ4n) is 3.07. The van der Waals surface area contributed by atoms with E-state index in [-0.39, 0.29) is 22.4 Å². The molecule has 0 amide bonds. The van der Waals surface area contributed by atoms with Crippen molar-refractivity contribution in [2.24, 2.45) is 0 Å². The molecule has 3 rings (SSSR count). The fraction of sp³-hybridized carbons (Fsp3) is 0.368. The number of benzene rings is 2. The van der Waals surface area contributed by atoms with Crippen molar-refractivity contribution in [2.75, 3.05) is 6.26 Å². The van der Waals surface area contributed by atoms with Crippen molar-refractivity contribution in [1.29, 1.82) is 0 Å². The molecule has 27 heavy (non-hydrogen) atoms. The molecule has 1 fully saturated rings. The lowest BCUT2D eigenvalue weighted by molar-refractivity contribution is -0.385. The normalized spacial score (nSPS) is 15.3. The van der Waals surface area contributed by atoms with Gasteiger partial charge in [0.25, 0.3) is 5.69 Å². The Balaban J connectivity index is 1.77. The number of nitrogens with zero attached hydrogens (tertiary/aromatic N) is 1. The summed E-state index contributed by atoms with van der Waals surface area (Å²) in [5, 5.41) is 10.9. The van der Waals surface area contributed by atoms with Gasteiger partial charge in [-0.05, 0) is 56.0 Å². The summed E-state index contributed by atoms with van der Waals surface area (Å²) in [6.07, 6.45) is 6.94. The summed E-state index contributed by atoms with van der Waals surface area (Å²) < 4.78 is 35.6. The number of nitro benzene ring substituents is 1. The topological polar surface area (TPSA) is 95.7 Å². The number of rotatable bonds is 6. The first-order valence-electron chi connectivity index (χ1n) is 8.76. The molecule has 0 unspecified atom stereocenters. The van der Waals surface area contributed by atoms with Crippen LogP contribution in [0.1, 0.15) is 32.1 Å². The SMILES string of the molecule is CS(=O)(=O)c1cc([N+](=O)[O-])ccc1Oc1ccc(OC2CCCCC2)cc1. The molecule has 1 saturated carbocycles. The summed E-state index contributed by atoms with van der Waals surface area (Å²) in [7, 11) is -3.69. The summed E-state index contributed by atoms with van der Waals surface area (Å²) >= 11 is 0. The van der Waals surface area contributed by atoms with E-state index in [0.717, 1.165) is 30.9 Å². The molecule has 0 atom stereocenters. The van der Waals surface area contributed by atoms with Crippen molar-refractivity contribution in [3.8, 4) is 17.2 Å². The van der Waals surface area contributed by atoms with Gasteiger partial charge in [0.15, 0.2) is 9.84 Å². The van der Waals surface area contributed by atoms with E-state index in [9.17, 15) is 18.5 Å². The molecule has 7 nitrogen and oxygen atoms in total. The predicted molar refractivity (Wildman–Crippen MR) is 100 cm³/mol. The van der Waals surface area contributed by atoms with Gasteiger partial charge >= 0.3 is 0 Å². The van der Waals surface area contributed by atoms with E-state index < -0.39 is 14.8 Å². The van der Waals surface area contributed by atoms with Crippen LogP contribution in [-0.4, -0.2) is 25.7 Å². The minimum absolute atomic E-state index is 0.0454. The monoisotopic (exact) mass is 391 g/mol. The Morgan fingerprint density at radius 3 is 2.22 bits per heavy atom. The lowest BCUT2D eigenvalue weighted by Crippen LogP contribution is -2.19. The molecule has 1 aliphatic rings. The zero-order valence-corrected chi connectivity index (χ0v) is 15.8. The highest BCUT2D eigenvalue weighted by Crippen LogP contribution is 2.33. The summed E-state index contributed by atoms with van der Waals surface area (Å²) in [5.41, 5.74) is -0.306. The smallest absolute Gasteiger partial charge is 0.271 e. The Hall–Kier alpha value is -2.61. The molecule has 0 spiro atoms. The Morgan fingerprint density at radius 1 is 1.00 bits per heavy atom. The largest absolute Gasteiger partial charge is 0.490 e. The van der Waals surface area contributed by atoms with Gasteiger partial charge in [0.2, 0.25) is 0 Å². The van der Waals surface area contributed by atoms with Crippen LogP contribution < -0.4 is 9.47 Å². The molecule has 2 aromatic rings. The maximum atomic E-state index is 12.0. The number of hydrogen-bond acceptors (Lipinski definition) is 6. The number of hydrogen-bond donors (Lipinski definition) is 0. The van der Waals surface area contributed by atoms with Crippen LogP contribution in [0.3, 0.4) is 0 Å². The minimum atomic E-state index is -3.69. The fourth-order valence-corrected chi connectivity index (χ4v) is 3.88. The molecule has 0 aliphatic heterocycles. The zero-order valence-electron chi connectivity index (χ0n) is 15.0. The summed E-state index contributed by atoms with van der Waals surface area (Å²) in [4.78, 5) is 10.0. The molecule has 0 bridgehead atoms. The van der Waals surface area contributed by atoms with E-state index in [1.54, 1.807) is 24.3 Å². The van der Waals surface area contributed by atoms with Gasteiger partial charge in [-0.2, -0.15) is 0 Å². The average Bonchev–Trinajstić information content (AvgIpc) is 2.63. The third-order valence-electron chi connectivity index (χ3n) is 4.44. The number of non-ortho nitro benzene ring substituents is 1. The third-order valence-corrected chi connectivity index (χ3v) is 5.56. The van der Waals surface area contributed by atoms with Gasteiger partial charge in [0, 0.05) is 18.4 Å². The van der Waals surface area contributed by atoms with Gasteiger partial charge in [-0.25, -0.2) is 8.42 Å². The van der Waals surface area contributed by atoms with Crippen LogP contribution in [0.5, 0.6) is 17.2 Å². The molecular formula is C19H21NO6S. The zero-order chi connectivity index (χ0) is 19.4. The first-order chi connectivity index (χ1) is 12.8. The Labute approximate surface area is 158 Å². The van der Waals surface area contributed by atoms with Crippen LogP contribution in [0.15, 0.2) is 47.4 Å². The Kier molecular flexibility index (Phi) is 5.65. The second-order valence-corrected chi connectivity index (χ2v) is 8.60. The lowest BCUT2D eigenvalue weighted by Gasteiger charge is -2.23. The molecular weight excluding hydrogens is 370 g/mol. The van der Waals surface area contributed by atoms with Crippen LogP contribution in [0, 0.1) is 10.1 Å². The minimum Gasteiger partial charge on any atom is -0.490 e. The second-order valence-electron chi connectivity index (χ2n) is 6.61. The van der Waals surface area contributed by atoms with Crippen molar-refractivity contribution in [3.63, 3.8) is 0 Å². The third kappa shape index (κ3) is 4.97. The van der Waals surface area contributed by atoms with Crippen molar-refractivity contribution in [3.05, 3.63) is 52.6 Å². The highest BCUT2D eigenvalue weighted by Gasteiger charge is 2.20. The van der Waals surface area contributed by atoms with Crippen molar-refractivity contribution in [1.82, 2.24) is 0 Å². The van der Waals surface area contributed by atoms with Crippen LogP contribution in [0.25, 0.3) is 0 Å². The van der Waals surface area contributed by atoms with Gasteiger partial charge in [0.05, 0.1) is 11.0 Å². The van der Waals surface area contributed by atoms with Crippen LogP contribution >= 0.6 is 0 Å². The first-order valence-corrected chi connectivity index (χ1v) is 10.6. The van der Waals surface area contributed by atoms with Gasteiger partial charge in [-0.1, -0.05) is 6.42 Å². The van der Waals surface area contributed by atoms with Crippen LogP contribution in [0.2, 0.25) is 0 Å². The highest BCUT2D eigenvalue weighted by atomic mass is 32.2. The summed E-state index contributed by atoms with van der Waals surface area (Å²) in [5.74, 6) is 1.20. The van der Waals surface area contributed by atoms with Crippen LogP contribution in [-0.2, 0) is 9.84 Å². The highest BCUT2D eigenvalue weighted by molar-refractivity contribution is 7.90. The van der Waals surface area contributed by atoms with Gasteiger partial charge in [-0.3, -0.25) is 10.1 Å². The van der Waals surface area contributed by atoms with Gasteiger partial charge in [0.1, 0.15) is 22.1 Å². The average molecular weight is 391 g/mol. The van der Waals surface area contributed by atoms with Crippen molar-refractivity contribution < 1.29 is 22.8 Å². The summed E-state index contributed by atoms with van der Waals surface area (Å²) in [6.45, 7) is 0. The predicted octanol–water partition coefficient (Wildman–Crippen LogP) is 4.50. The Bertz CT molecular complexity index is 918. The first kappa shape index (κ1) is 19.2. The van der Waals surface area contributed by atoms with Crippen molar-refractivity contribution in [2.45, 2.75) is 43.1 Å². The van der Waals surface area contributed by atoms with E-state index in [4.69, 9.17) is 9.47 Å². The molecule has 1 aliphatic carbocycles. The molecule has 0 heterocycles. The standard InChI is InChI=1S/C19H21NO6S/c1-27(23,24)19-13-14(20(21)22)7-12-18(19)26-17-10-8-16(9-11-17)25-15-5-3-2-4-6-15/h7-13,15H,2-6H2,1H3. The Morgan fingerprint density at radius 2 is 1.63 bits per heavy atom. The second kappa shape index (κ2) is 7.96. The molecule has 0 N–H and O–H groups in total.